The average Bonchev–Trinajstić information content (AvgIpc) is 2.25. The van der Waals surface area contributed by atoms with Gasteiger partial charge in [-0.1, -0.05) is 30.3 Å². The lowest BCUT2D eigenvalue weighted by Gasteiger charge is -2.44. The number of piperidine rings is 1. The number of nitrogens with two attached hydrogens (primary N) is 1. The Morgan fingerprint density at radius 1 is 1.21 bits per heavy atom. The first kappa shape index (κ1) is 14.2. The van der Waals surface area contributed by atoms with Gasteiger partial charge in [-0.05, 0) is 33.3 Å². The summed E-state index contributed by atoms with van der Waals surface area (Å²) in [5.74, 6) is -0.197. The Morgan fingerprint density at radius 3 is 2.32 bits per heavy atom. The van der Waals surface area contributed by atoms with Gasteiger partial charge in [0, 0.05) is 0 Å². The van der Waals surface area contributed by atoms with Crippen LogP contribution in [0.15, 0.2) is 30.3 Å². The predicted molar refractivity (Wildman–Crippen MR) is 74.6 cm³/mol. The number of Topliss-reactive ketones (excluding diaryl/α,β-unsaturated/α-hetero) is 1. The lowest BCUT2D eigenvalue weighted by Crippen LogP contribution is -3.07. The first-order chi connectivity index (χ1) is 8.73. The molecule has 1 aliphatic rings. The zero-order valence-electron chi connectivity index (χ0n) is 12.2. The lowest BCUT2D eigenvalue weighted by atomic mass is 9.70. The fourth-order valence-electron chi connectivity index (χ4n) is 3.55. The Bertz CT molecular complexity index is 465. The van der Waals surface area contributed by atoms with Crippen molar-refractivity contribution in [1.29, 1.82) is 0 Å². The molecular formula is C16H24NO2+. The molecule has 1 heterocycles. The molecule has 3 heteroatoms. The Morgan fingerprint density at radius 2 is 1.79 bits per heavy atom. The molecule has 1 fully saturated rings. The van der Waals surface area contributed by atoms with Gasteiger partial charge in [-0.15, -0.1) is 0 Å². The van der Waals surface area contributed by atoms with Crippen LogP contribution in [-0.4, -0.2) is 22.0 Å². The van der Waals surface area contributed by atoms with Crippen LogP contribution in [0.3, 0.4) is 0 Å². The van der Waals surface area contributed by atoms with Crippen LogP contribution in [0.5, 0.6) is 0 Å². The van der Waals surface area contributed by atoms with Crippen molar-refractivity contribution in [3.63, 3.8) is 0 Å². The molecule has 2 rings (SSSR count). The van der Waals surface area contributed by atoms with Crippen molar-refractivity contribution in [3.8, 4) is 0 Å². The van der Waals surface area contributed by atoms with Crippen molar-refractivity contribution in [3.05, 3.63) is 35.9 Å². The quantitative estimate of drug-likeness (QED) is 0.847. The third-order valence-electron chi connectivity index (χ3n) is 4.00. The summed E-state index contributed by atoms with van der Waals surface area (Å²) in [6, 6.07) is 9.47. The largest absolute Gasteiger partial charge is 0.387 e. The van der Waals surface area contributed by atoms with Crippen molar-refractivity contribution in [2.24, 2.45) is 5.92 Å². The monoisotopic (exact) mass is 262 g/mol. The van der Waals surface area contributed by atoms with Crippen LogP contribution in [0.1, 0.15) is 45.8 Å². The third kappa shape index (κ3) is 2.88. The van der Waals surface area contributed by atoms with Gasteiger partial charge >= 0.3 is 0 Å². The molecule has 0 aliphatic carbocycles. The maximum atomic E-state index is 12.5. The Hall–Kier alpha value is -1.19. The Kier molecular flexibility index (Phi) is 3.54. The van der Waals surface area contributed by atoms with E-state index in [4.69, 9.17) is 0 Å². The first-order valence-electron chi connectivity index (χ1n) is 6.86. The molecule has 3 nitrogen and oxygen atoms in total. The minimum atomic E-state index is -0.726. The highest BCUT2D eigenvalue weighted by atomic mass is 16.3. The van der Waals surface area contributed by atoms with E-state index in [1.807, 2.05) is 44.2 Å². The molecule has 3 N–H and O–H groups in total. The van der Waals surface area contributed by atoms with Gasteiger partial charge in [-0.25, -0.2) is 0 Å². The van der Waals surface area contributed by atoms with E-state index in [9.17, 15) is 9.90 Å². The molecule has 0 amide bonds. The van der Waals surface area contributed by atoms with E-state index in [-0.39, 0.29) is 22.8 Å². The topological polar surface area (TPSA) is 53.9 Å². The zero-order valence-corrected chi connectivity index (χ0v) is 12.2. The van der Waals surface area contributed by atoms with Crippen molar-refractivity contribution >= 4 is 5.78 Å². The second-order valence-electron chi connectivity index (χ2n) is 6.93. The van der Waals surface area contributed by atoms with Gasteiger partial charge in [-0.3, -0.25) is 4.79 Å². The van der Waals surface area contributed by atoms with E-state index in [1.165, 1.54) is 0 Å². The smallest absolute Gasteiger partial charge is 0.151 e. The maximum absolute atomic E-state index is 12.5. The highest BCUT2D eigenvalue weighted by molar-refractivity contribution is 5.84. The van der Waals surface area contributed by atoms with Gasteiger partial charge in [0.05, 0.1) is 18.1 Å². The Labute approximate surface area is 115 Å². The first-order valence-corrected chi connectivity index (χ1v) is 6.86. The zero-order chi connectivity index (χ0) is 14.3. The number of hydrogen-bond donors (Lipinski definition) is 2. The number of aliphatic hydroxyl groups is 1. The van der Waals surface area contributed by atoms with Gasteiger partial charge in [0.15, 0.2) is 5.78 Å². The molecule has 19 heavy (non-hydrogen) atoms. The number of rotatable bonds is 2. The van der Waals surface area contributed by atoms with Crippen LogP contribution in [0, 0.1) is 5.92 Å². The van der Waals surface area contributed by atoms with Gasteiger partial charge in [-0.2, -0.15) is 0 Å². The molecular weight excluding hydrogens is 238 g/mol. The van der Waals surface area contributed by atoms with E-state index in [2.05, 4.69) is 19.2 Å². The number of benzene rings is 1. The molecule has 0 saturated carbocycles. The van der Waals surface area contributed by atoms with Crippen LogP contribution in [0.25, 0.3) is 0 Å². The summed E-state index contributed by atoms with van der Waals surface area (Å²) >= 11 is 0. The predicted octanol–water partition coefficient (Wildman–Crippen LogP) is 1.43. The molecule has 0 radical (unpaired) electrons. The summed E-state index contributed by atoms with van der Waals surface area (Å²) in [5.41, 5.74) is 0.434. The highest BCUT2D eigenvalue weighted by Gasteiger charge is 2.52. The number of carbonyl (C=O) groups is 1. The van der Waals surface area contributed by atoms with E-state index >= 15 is 0 Å². The molecule has 104 valence electrons. The van der Waals surface area contributed by atoms with Crippen molar-refractivity contribution in [2.75, 3.05) is 0 Å². The Balaban J connectivity index is 2.31. The number of carbonyl (C=O) groups excluding carboxylic acids is 1. The summed E-state index contributed by atoms with van der Waals surface area (Å²) in [6.45, 7) is 8.25. The van der Waals surface area contributed by atoms with Gasteiger partial charge in [0.25, 0.3) is 0 Å². The van der Waals surface area contributed by atoms with E-state index in [1.54, 1.807) is 0 Å². The normalized spacial score (nSPS) is 27.0. The molecule has 0 bridgehead atoms. The molecule has 0 aromatic heterocycles. The van der Waals surface area contributed by atoms with Crippen LogP contribution >= 0.6 is 0 Å². The maximum Gasteiger partial charge on any atom is 0.151 e. The fourth-order valence-corrected chi connectivity index (χ4v) is 3.55. The molecule has 0 unspecified atom stereocenters. The molecule has 2 atom stereocenters. The third-order valence-corrected chi connectivity index (χ3v) is 4.00. The van der Waals surface area contributed by atoms with Gasteiger partial charge < -0.3 is 10.4 Å². The lowest BCUT2D eigenvalue weighted by molar-refractivity contribution is -0.788. The molecule has 1 aromatic carbocycles. The van der Waals surface area contributed by atoms with Crippen LogP contribution in [0.2, 0.25) is 0 Å². The number of quaternary nitrogens is 1. The summed E-state index contributed by atoms with van der Waals surface area (Å²) in [7, 11) is 0. The molecule has 1 aromatic rings. The standard InChI is InChI=1S/C16H23NO2/c1-15(2)10-12(18)13(16(3,4)17-15)14(19)11-8-6-5-7-9-11/h5-9,13-14,17,19H,10H2,1-4H3/p+1/t13-,14-/m1/s1. The molecule has 1 saturated heterocycles. The van der Waals surface area contributed by atoms with Gasteiger partial charge in [0.2, 0.25) is 0 Å². The van der Waals surface area contributed by atoms with Crippen LogP contribution in [0.4, 0.5) is 0 Å². The summed E-state index contributed by atoms with van der Waals surface area (Å²) in [6.07, 6.45) is -0.221. The number of hydrogen-bond acceptors (Lipinski definition) is 2. The second-order valence-corrected chi connectivity index (χ2v) is 6.93. The van der Waals surface area contributed by atoms with Crippen molar-refractivity contribution in [1.82, 2.24) is 0 Å². The van der Waals surface area contributed by atoms with Crippen molar-refractivity contribution in [2.45, 2.75) is 51.3 Å². The molecule has 1 aliphatic heterocycles. The minimum absolute atomic E-state index is 0.0898. The number of ketones is 1. The highest BCUT2D eigenvalue weighted by Crippen LogP contribution is 2.34. The van der Waals surface area contributed by atoms with Crippen LogP contribution in [-0.2, 0) is 4.79 Å². The van der Waals surface area contributed by atoms with E-state index in [0.717, 1.165) is 5.56 Å². The second kappa shape index (κ2) is 4.73. The summed E-state index contributed by atoms with van der Waals surface area (Å²) in [4.78, 5) is 12.5. The van der Waals surface area contributed by atoms with E-state index < -0.39 is 6.10 Å². The van der Waals surface area contributed by atoms with E-state index in [0.29, 0.717) is 6.42 Å². The fraction of sp³-hybridized carbons (Fsp3) is 0.562. The van der Waals surface area contributed by atoms with Gasteiger partial charge in [0.1, 0.15) is 11.5 Å². The summed E-state index contributed by atoms with van der Waals surface area (Å²) < 4.78 is 0. The SMILES string of the molecule is CC1(C)CC(=O)[C@H]([C@H](O)c2ccccc2)C(C)(C)[NH2+]1. The molecule has 0 spiro atoms. The van der Waals surface area contributed by atoms with Crippen LogP contribution < -0.4 is 5.32 Å². The number of aliphatic hydroxyl groups excluding tert-OH is 1. The van der Waals surface area contributed by atoms with Crippen molar-refractivity contribution < 1.29 is 15.2 Å². The average molecular weight is 262 g/mol. The summed E-state index contributed by atoms with van der Waals surface area (Å²) in [5, 5.41) is 12.8. The minimum Gasteiger partial charge on any atom is -0.387 e.